The molecule has 194 valence electrons. The molecule has 11 nitrogen and oxygen atoms in total. The van der Waals surface area contributed by atoms with Crippen molar-refractivity contribution < 1.29 is 14.3 Å². The van der Waals surface area contributed by atoms with Crippen LogP contribution in [0, 0.1) is 5.41 Å². The van der Waals surface area contributed by atoms with E-state index in [1.807, 2.05) is 13.8 Å². The number of amidine groups is 1. The van der Waals surface area contributed by atoms with Crippen molar-refractivity contribution in [3.05, 3.63) is 74.1 Å². The summed E-state index contributed by atoms with van der Waals surface area (Å²) in [4.78, 5) is 42.9. The van der Waals surface area contributed by atoms with Crippen LogP contribution in [0.25, 0.3) is 11.3 Å². The Kier molecular flexibility index (Phi) is 8.66. The van der Waals surface area contributed by atoms with Gasteiger partial charge in [0.15, 0.2) is 5.82 Å². The third-order valence-corrected chi connectivity index (χ3v) is 5.81. The number of methoxy groups -OCH3 is 1. The van der Waals surface area contributed by atoms with Gasteiger partial charge in [0.1, 0.15) is 17.0 Å². The number of carbonyl (C=O) groups is 2. The van der Waals surface area contributed by atoms with Gasteiger partial charge < -0.3 is 26.8 Å². The number of nitrogens with one attached hydrogen (secondary N) is 3. The molecule has 0 aliphatic rings. The molecule has 0 radical (unpaired) electrons. The highest BCUT2D eigenvalue weighted by atomic mass is 79.9. The number of nitrogen functional groups attached to an aromatic ring is 2. The number of amides is 1. The highest BCUT2D eigenvalue weighted by molar-refractivity contribution is 9.10. The van der Waals surface area contributed by atoms with E-state index in [2.05, 4.69) is 31.5 Å². The molecular weight excluding hydrogens is 542 g/mol. The number of hydrogen-bond donors (Lipinski definition) is 5. The van der Waals surface area contributed by atoms with Gasteiger partial charge in [-0.3, -0.25) is 19.6 Å². The third kappa shape index (κ3) is 6.73. The lowest BCUT2D eigenvalue weighted by atomic mass is 10.1. The van der Waals surface area contributed by atoms with E-state index in [1.165, 1.54) is 23.8 Å². The molecule has 0 fully saturated rings. The first-order chi connectivity index (χ1) is 17.5. The maximum absolute atomic E-state index is 13.4. The first-order valence-electron chi connectivity index (χ1n) is 11.3. The smallest absolute Gasteiger partial charge is 0.337 e. The predicted octanol–water partition coefficient (Wildman–Crippen LogP) is 2.46. The van der Waals surface area contributed by atoms with Gasteiger partial charge in [0.25, 0.3) is 5.56 Å². The molecule has 37 heavy (non-hydrogen) atoms. The van der Waals surface area contributed by atoms with Crippen LogP contribution in [0.5, 0.6) is 0 Å². The van der Waals surface area contributed by atoms with Gasteiger partial charge in [0.05, 0.1) is 18.4 Å². The fourth-order valence-corrected chi connectivity index (χ4v) is 4.18. The van der Waals surface area contributed by atoms with E-state index in [0.29, 0.717) is 11.1 Å². The Labute approximate surface area is 221 Å². The van der Waals surface area contributed by atoms with Crippen molar-refractivity contribution in [2.24, 2.45) is 5.73 Å². The van der Waals surface area contributed by atoms with E-state index < -0.39 is 17.4 Å². The highest BCUT2D eigenvalue weighted by Crippen LogP contribution is 2.29. The lowest BCUT2D eigenvalue weighted by molar-refractivity contribution is -0.121. The van der Waals surface area contributed by atoms with Crippen LogP contribution in [0.4, 0.5) is 11.5 Å². The number of carbonyl (C=O) groups excluding carboxylic acids is 2. The summed E-state index contributed by atoms with van der Waals surface area (Å²) < 4.78 is 6.36. The number of ether oxygens (including phenoxy) is 1. The summed E-state index contributed by atoms with van der Waals surface area (Å²) in [6.45, 7) is 3.60. The molecule has 2 aromatic carbocycles. The van der Waals surface area contributed by atoms with Gasteiger partial charge >= 0.3 is 5.97 Å². The van der Waals surface area contributed by atoms with Crippen LogP contribution in [0.15, 0.2) is 51.9 Å². The Hall–Kier alpha value is -4.19. The maximum atomic E-state index is 13.4. The number of benzene rings is 2. The summed E-state index contributed by atoms with van der Waals surface area (Å²) >= 11 is 3.42. The fourth-order valence-electron chi connectivity index (χ4n) is 3.56. The van der Waals surface area contributed by atoms with Crippen molar-refractivity contribution in [2.75, 3.05) is 18.2 Å². The minimum Gasteiger partial charge on any atom is -0.465 e. The molecule has 1 heterocycles. The lowest BCUT2D eigenvalue weighted by Gasteiger charge is -2.18. The van der Waals surface area contributed by atoms with Crippen LogP contribution in [-0.2, 0) is 22.6 Å². The van der Waals surface area contributed by atoms with E-state index in [1.54, 1.807) is 30.3 Å². The molecule has 0 saturated carbocycles. The number of anilines is 2. The molecule has 3 rings (SSSR count). The molecule has 0 bridgehead atoms. The Morgan fingerprint density at radius 1 is 1.16 bits per heavy atom. The highest BCUT2D eigenvalue weighted by Gasteiger charge is 2.21. The Bertz CT molecular complexity index is 1400. The second kappa shape index (κ2) is 11.7. The fraction of sp³-hybridized carbons (Fsp3) is 0.240. The minimum absolute atomic E-state index is 0.0477. The van der Waals surface area contributed by atoms with Crippen molar-refractivity contribution in [1.82, 2.24) is 14.9 Å². The van der Waals surface area contributed by atoms with E-state index in [4.69, 9.17) is 21.6 Å². The summed E-state index contributed by atoms with van der Waals surface area (Å²) in [5.41, 5.74) is 13.5. The van der Waals surface area contributed by atoms with Gasteiger partial charge in [0, 0.05) is 29.4 Å². The molecule has 0 atom stereocenters. The van der Waals surface area contributed by atoms with Crippen LogP contribution < -0.4 is 27.7 Å². The summed E-state index contributed by atoms with van der Waals surface area (Å²) in [6, 6.07) is 11.4. The standard InChI is InChI=1S/C25H28BrN7O4/c1-13(2)31-23-24(35)33(12-19(34)30-11-14-4-6-15(7-5-14)22(28)29)20(21(26)32-23)16-8-17(25(36)37-3)10-18(27)9-16/h4-10,13H,11-12,27H2,1-3H3,(H3,28,29)(H,30,34)(H,31,32). The van der Waals surface area contributed by atoms with Crippen molar-refractivity contribution in [2.45, 2.75) is 33.0 Å². The number of nitrogens with zero attached hydrogens (tertiary/aromatic N) is 2. The van der Waals surface area contributed by atoms with E-state index in [0.717, 1.165) is 5.56 Å². The SMILES string of the molecule is COC(=O)c1cc(N)cc(-c2c(Br)nc(NC(C)C)c(=O)n2CC(=O)NCc2ccc(C(=N)N)cc2)c1. The topological polar surface area (TPSA) is 178 Å². The first kappa shape index (κ1) is 27.4. The summed E-state index contributed by atoms with van der Waals surface area (Å²) in [5, 5.41) is 13.3. The van der Waals surface area contributed by atoms with Crippen molar-refractivity contribution in [3.63, 3.8) is 0 Å². The van der Waals surface area contributed by atoms with Crippen LogP contribution in [0.1, 0.15) is 35.3 Å². The molecule has 0 aliphatic carbocycles. The van der Waals surface area contributed by atoms with E-state index in [-0.39, 0.29) is 52.3 Å². The molecular formula is C25H28BrN7O4. The molecule has 1 aromatic heterocycles. The van der Waals surface area contributed by atoms with Crippen LogP contribution >= 0.6 is 15.9 Å². The number of aromatic nitrogens is 2. The van der Waals surface area contributed by atoms with Gasteiger partial charge in [-0.15, -0.1) is 0 Å². The van der Waals surface area contributed by atoms with Gasteiger partial charge in [-0.05, 0) is 53.5 Å². The van der Waals surface area contributed by atoms with Crippen molar-refractivity contribution in [1.29, 1.82) is 5.41 Å². The quantitative estimate of drug-likeness (QED) is 0.113. The summed E-state index contributed by atoms with van der Waals surface area (Å²) in [5.74, 6) is -1.01. The normalized spacial score (nSPS) is 10.7. The molecule has 7 N–H and O–H groups in total. The Morgan fingerprint density at radius 3 is 2.43 bits per heavy atom. The zero-order chi connectivity index (χ0) is 27.3. The monoisotopic (exact) mass is 569 g/mol. The van der Waals surface area contributed by atoms with Crippen LogP contribution in [-0.4, -0.2) is 40.4 Å². The number of hydrogen-bond acceptors (Lipinski definition) is 8. The molecule has 0 unspecified atom stereocenters. The van der Waals surface area contributed by atoms with Gasteiger partial charge in [-0.2, -0.15) is 0 Å². The number of esters is 1. The zero-order valence-electron chi connectivity index (χ0n) is 20.6. The summed E-state index contributed by atoms with van der Waals surface area (Å²) in [7, 11) is 1.25. The Balaban J connectivity index is 2.00. The van der Waals surface area contributed by atoms with Gasteiger partial charge in [-0.25, -0.2) is 9.78 Å². The van der Waals surface area contributed by atoms with E-state index in [9.17, 15) is 14.4 Å². The molecule has 0 spiro atoms. The van der Waals surface area contributed by atoms with Gasteiger partial charge in [0.2, 0.25) is 5.91 Å². The van der Waals surface area contributed by atoms with Crippen molar-refractivity contribution >= 4 is 45.1 Å². The van der Waals surface area contributed by atoms with E-state index >= 15 is 0 Å². The second-order valence-electron chi connectivity index (χ2n) is 8.51. The second-order valence-corrected chi connectivity index (χ2v) is 9.26. The maximum Gasteiger partial charge on any atom is 0.337 e. The zero-order valence-corrected chi connectivity index (χ0v) is 22.2. The summed E-state index contributed by atoms with van der Waals surface area (Å²) in [6.07, 6.45) is 0. The lowest BCUT2D eigenvalue weighted by Crippen LogP contribution is -2.35. The predicted molar refractivity (Wildman–Crippen MR) is 145 cm³/mol. The number of rotatable bonds is 9. The Morgan fingerprint density at radius 2 is 1.84 bits per heavy atom. The molecule has 12 heteroatoms. The van der Waals surface area contributed by atoms with Gasteiger partial charge in [-0.1, -0.05) is 24.3 Å². The molecule has 0 aliphatic heterocycles. The third-order valence-electron chi connectivity index (χ3n) is 5.25. The average molecular weight is 570 g/mol. The molecule has 3 aromatic rings. The van der Waals surface area contributed by atoms with Crippen LogP contribution in [0.2, 0.25) is 0 Å². The molecule has 1 amide bonds. The van der Waals surface area contributed by atoms with Crippen LogP contribution in [0.3, 0.4) is 0 Å². The number of nitrogens with two attached hydrogens (primary N) is 2. The minimum atomic E-state index is -0.599. The van der Waals surface area contributed by atoms with Crippen molar-refractivity contribution in [3.8, 4) is 11.3 Å². The average Bonchev–Trinajstić information content (AvgIpc) is 2.84. The molecule has 0 saturated heterocycles. The number of halogens is 1. The largest absolute Gasteiger partial charge is 0.465 e. The first-order valence-corrected chi connectivity index (χ1v) is 12.1.